The molecular formula is C17H23BrClN3O4S. The van der Waals surface area contributed by atoms with Crippen LogP contribution in [0.2, 0.25) is 5.02 Å². The molecule has 10 heteroatoms. The molecule has 0 aliphatic carbocycles. The summed E-state index contributed by atoms with van der Waals surface area (Å²) < 4.78 is 27.7. The van der Waals surface area contributed by atoms with Gasteiger partial charge in [0, 0.05) is 37.6 Å². The third-order valence-corrected chi connectivity index (χ3v) is 7.23. The molecule has 27 heavy (non-hydrogen) atoms. The van der Waals surface area contributed by atoms with Gasteiger partial charge >= 0.3 is 0 Å². The van der Waals surface area contributed by atoms with Gasteiger partial charge in [-0.15, -0.1) is 0 Å². The lowest BCUT2D eigenvalue weighted by Gasteiger charge is -2.36. The Morgan fingerprint density at radius 1 is 1.19 bits per heavy atom. The molecule has 1 aliphatic rings. The third-order valence-electron chi connectivity index (χ3n) is 4.35. The summed E-state index contributed by atoms with van der Waals surface area (Å²) >= 11 is 9.35. The summed E-state index contributed by atoms with van der Waals surface area (Å²) in [5.41, 5.74) is 0. The molecule has 1 N–H and O–H groups in total. The molecule has 0 radical (unpaired) electrons. The van der Waals surface area contributed by atoms with Crippen LogP contribution in [0.4, 0.5) is 0 Å². The van der Waals surface area contributed by atoms with E-state index in [0.29, 0.717) is 4.47 Å². The van der Waals surface area contributed by atoms with E-state index < -0.39 is 16.1 Å². The second kappa shape index (κ2) is 8.89. The number of halogens is 2. The van der Waals surface area contributed by atoms with Gasteiger partial charge in [0.25, 0.3) is 0 Å². The van der Waals surface area contributed by atoms with Crippen LogP contribution in [-0.4, -0.2) is 61.7 Å². The van der Waals surface area contributed by atoms with E-state index in [4.69, 9.17) is 11.6 Å². The lowest BCUT2D eigenvalue weighted by atomic mass is 10.0. The summed E-state index contributed by atoms with van der Waals surface area (Å²) in [4.78, 5) is 25.7. The normalized spacial score (nSPS) is 17.0. The first-order chi connectivity index (χ1) is 12.5. The van der Waals surface area contributed by atoms with Crippen LogP contribution in [0.1, 0.15) is 20.8 Å². The van der Waals surface area contributed by atoms with Crippen molar-refractivity contribution >= 4 is 49.4 Å². The Morgan fingerprint density at radius 3 is 2.26 bits per heavy atom. The lowest BCUT2D eigenvalue weighted by Crippen LogP contribution is -2.56. The molecule has 1 aromatic carbocycles. The van der Waals surface area contributed by atoms with Gasteiger partial charge in [-0.1, -0.05) is 41.4 Å². The van der Waals surface area contributed by atoms with Crippen molar-refractivity contribution < 1.29 is 18.0 Å². The molecule has 150 valence electrons. The fourth-order valence-corrected chi connectivity index (χ4v) is 5.34. The zero-order chi connectivity index (χ0) is 20.4. The Labute approximate surface area is 173 Å². The topological polar surface area (TPSA) is 86.8 Å². The van der Waals surface area contributed by atoms with E-state index in [1.54, 1.807) is 11.0 Å². The van der Waals surface area contributed by atoms with E-state index in [9.17, 15) is 18.0 Å². The van der Waals surface area contributed by atoms with Crippen molar-refractivity contribution in [1.29, 1.82) is 0 Å². The first-order valence-electron chi connectivity index (χ1n) is 8.55. The number of amides is 2. The molecule has 2 amide bonds. The molecule has 2 rings (SSSR count). The van der Waals surface area contributed by atoms with Crippen LogP contribution < -0.4 is 5.32 Å². The quantitative estimate of drug-likeness (QED) is 0.699. The Kier molecular flexibility index (Phi) is 7.29. The SMILES string of the molecule is CC(=O)NC(C(=O)N1CCN(S(=O)(=O)c2ccc(Br)cc2Cl)CC1)C(C)C. The maximum atomic E-state index is 12.8. The van der Waals surface area contributed by atoms with Crippen LogP contribution in [0.5, 0.6) is 0 Å². The number of hydrogen-bond acceptors (Lipinski definition) is 4. The third kappa shape index (κ3) is 5.22. The summed E-state index contributed by atoms with van der Waals surface area (Å²) in [5.74, 6) is -0.531. The molecule has 1 aliphatic heterocycles. The molecule has 0 bridgehead atoms. The smallest absolute Gasteiger partial charge is 0.245 e. The summed E-state index contributed by atoms with van der Waals surface area (Å²) in [6.07, 6.45) is 0. The minimum absolute atomic E-state index is 0.0467. The molecule has 0 aromatic heterocycles. The van der Waals surface area contributed by atoms with Crippen molar-refractivity contribution in [3.05, 3.63) is 27.7 Å². The highest BCUT2D eigenvalue weighted by Gasteiger charge is 2.34. The van der Waals surface area contributed by atoms with Gasteiger partial charge in [-0.05, 0) is 24.1 Å². The van der Waals surface area contributed by atoms with E-state index >= 15 is 0 Å². The number of carbonyl (C=O) groups is 2. The molecule has 1 fully saturated rings. The van der Waals surface area contributed by atoms with E-state index in [2.05, 4.69) is 21.2 Å². The number of hydrogen-bond donors (Lipinski definition) is 1. The summed E-state index contributed by atoms with van der Waals surface area (Å²) in [5, 5.41) is 2.82. The highest BCUT2D eigenvalue weighted by molar-refractivity contribution is 9.10. The summed E-state index contributed by atoms with van der Waals surface area (Å²) in [6.45, 7) is 5.94. The number of sulfonamides is 1. The lowest BCUT2D eigenvalue weighted by molar-refractivity contribution is -0.138. The van der Waals surface area contributed by atoms with Gasteiger partial charge in [0.2, 0.25) is 21.8 Å². The summed E-state index contributed by atoms with van der Waals surface area (Å²) in [6, 6.07) is 4.01. The minimum atomic E-state index is -3.74. The van der Waals surface area contributed by atoms with Gasteiger partial charge in [0.1, 0.15) is 10.9 Å². The van der Waals surface area contributed by atoms with E-state index in [-0.39, 0.29) is 53.8 Å². The number of carbonyl (C=O) groups excluding carboxylic acids is 2. The number of nitrogens with zero attached hydrogens (tertiary/aromatic N) is 2. The summed E-state index contributed by atoms with van der Waals surface area (Å²) in [7, 11) is -3.74. The molecule has 0 saturated carbocycles. The highest BCUT2D eigenvalue weighted by Crippen LogP contribution is 2.28. The average molecular weight is 481 g/mol. The standard InChI is InChI=1S/C17H23BrClN3O4S/c1-11(2)16(20-12(3)23)17(24)21-6-8-22(9-7-21)27(25,26)15-5-4-13(18)10-14(15)19/h4-5,10-11,16H,6-9H2,1-3H3,(H,20,23). The molecule has 1 atom stereocenters. The monoisotopic (exact) mass is 479 g/mol. The van der Waals surface area contributed by atoms with Crippen LogP contribution >= 0.6 is 27.5 Å². The van der Waals surface area contributed by atoms with Crippen molar-refractivity contribution in [3.8, 4) is 0 Å². The highest BCUT2D eigenvalue weighted by atomic mass is 79.9. The molecule has 1 heterocycles. The van der Waals surface area contributed by atoms with Crippen molar-refractivity contribution in [2.24, 2.45) is 5.92 Å². The van der Waals surface area contributed by atoms with E-state index in [1.165, 1.54) is 23.4 Å². The van der Waals surface area contributed by atoms with Crippen molar-refractivity contribution in [3.63, 3.8) is 0 Å². The Balaban J connectivity index is 2.09. The van der Waals surface area contributed by atoms with Crippen LogP contribution in [0.3, 0.4) is 0 Å². The number of rotatable bonds is 5. The van der Waals surface area contributed by atoms with E-state index in [1.807, 2.05) is 13.8 Å². The fourth-order valence-electron chi connectivity index (χ4n) is 2.90. The van der Waals surface area contributed by atoms with Crippen LogP contribution in [0, 0.1) is 5.92 Å². The van der Waals surface area contributed by atoms with Gasteiger partial charge < -0.3 is 10.2 Å². The average Bonchev–Trinajstić information content (AvgIpc) is 2.58. The molecule has 1 saturated heterocycles. The molecular weight excluding hydrogens is 458 g/mol. The van der Waals surface area contributed by atoms with Gasteiger partial charge in [0.05, 0.1) is 5.02 Å². The predicted octanol–water partition coefficient (Wildman–Crippen LogP) is 2.10. The maximum Gasteiger partial charge on any atom is 0.245 e. The Hall–Kier alpha value is -1.16. The number of piperazine rings is 1. The zero-order valence-corrected chi connectivity index (χ0v) is 18.6. The second-order valence-corrected chi connectivity index (χ2v) is 9.96. The van der Waals surface area contributed by atoms with Crippen molar-refractivity contribution in [2.75, 3.05) is 26.2 Å². The maximum absolute atomic E-state index is 12.8. The van der Waals surface area contributed by atoms with Crippen LogP contribution in [0.25, 0.3) is 0 Å². The molecule has 7 nitrogen and oxygen atoms in total. The number of nitrogens with one attached hydrogen (secondary N) is 1. The first kappa shape index (κ1) is 22.1. The van der Waals surface area contributed by atoms with Crippen LogP contribution in [0.15, 0.2) is 27.6 Å². The molecule has 0 spiro atoms. The largest absolute Gasteiger partial charge is 0.344 e. The minimum Gasteiger partial charge on any atom is -0.344 e. The second-order valence-electron chi connectivity index (χ2n) is 6.73. The van der Waals surface area contributed by atoms with Crippen molar-refractivity contribution in [1.82, 2.24) is 14.5 Å². The Bertz CT molecular complexity index is 823. The van der Waals surface area contributed by atoms with Crippen LogP contribution in [-0.2, 0) is 19.6 Å². The van der Waals surface area contributed by atoms with Gasteiger partial charge in [-0.3, -0.25) is 9.59 Å². The van der Waals surface area contributed by atoms with Gasteiger partial charge in [-0.2, -0.15) is 4.31 Å². The Morgan fingerprint density at radius 2 is 1.78 bits per heavy atom. The fraction of sp³-hybridized carbons (Fsp3) is 0.529. The van der Waals surface area contributed by atoms with Gasteiger partial charge in [-0.25, -0.2) is 8.42 Å². The zero-order valence-electron chi connectivity index (χ0n) is 15.4. The van der Waals surface area contributed by atoms with E-state index in [0.717, 1.165) is 0 Å². The van der Waals surface area contributed by atoms with Gasteiger partial charge in [0.15, 0.2) is 0 Å². The van der Waals surface area contributed by atoms with Crippen molar-refractivity contribution in [2.45, 2.75) is 31.7 Å². The predicted molar refractivity (Wildman–Crippen MR) is 107 cm³/mol. The molecule has 1 aromatic rings. The molecule has 1 unspecified atom stereocenters. The first-order valence-corrected chi connectivity index (χ1v) is 11.2. The number of benzene rings is 1.